The standard InChI is InChI=1S/C26H35N3O3/c1-20-18-27-12-11-22(20)19-28-13-4-3-9-24-25(31-2)10-6-14-29(24)26(30)21-7-5-8-23(17-21)32-16-15-28/h5,7-8,11-12,17-18,24-25H,3-4,6,9-10,13-16,19H2,1-2H3/t24-,25-/m1/s1. The summed E-state index contributed by atoms with van der Waals surface area (Å²) in [6, 6.07) is 9.88. The molecule has 1 fully saturated rings. The van der Waals surface area contributed by atoms with Crippen LogP contribution >= 0.6 is 0 Å². The maximum Gasteiger partial charge on any atom is 0.254 e. The van der Waals surface area contributed by atoms with Crippen LogP contribution in [0, 0.1) is 6.92 Å². The average Bonchev–Trinajstić information content (AvgIpc) is 2.82. The first kappa shape index (κ1) is 22.7. The fourth-order valence-corrected chi connectivity index (χ4v) is 4.95. The second-order valence-corrected chi connectivity index (χ2v) is 8.93. The minimum atomic E-state index is 0.0917. The highest BCUT2D eigenvalue weighted by Gasteiger charge is 2.34. The Morgan fingerprint density at radius 1 is 1.12 bits per heavy atom. The summed E-state index contributed by atoms with van der Waals surface area (Å²) in [6.45, 7) is 6.25. The number of nitrogens with zero attached hydrogens (tertiary/aromatic N) is 3. The number of fused-ring (bicyclic) bond motifs is 3. The first-order valence-corrected chi connectivity index (χ1v) is 11.8. The molecule has 2 aromatic rings. The molecule has 32 heavy (non-hydrogen) atoms. The predicted octanol–water partition coefficient (Wildman–Crippen LogP) is 4.07. The molecule has 1 amide bonds. The van der Waals surface area contributed by atoms with Crippen LogP contribution in [0.5, 0.6) is 5.75 Å². The zero-order valence-corrected chi connectivity index (χ0v) is 19.3. The van der Waals surface area contributed by atoms with Crippen LogP contribution in [0.1, 0.15) is 53.6 Å². The van der Waals surface area contributed by atoms with Crippen LogP contribution in [0.4, 0.5) is 0 Å². The highest BCUT2D eigenvalue weighted by molar-refractivity contribution is 5.95. The molecule has 1 saturated heterocycles. The summed E-state index contributed by atoms with van der Waals surface area (Å²) in [4.78, 5) is 22.1. The van der Waals surface area contributed by atoms with Crippen LogP contribution < -0.4 is 4.74 Å². The van der Waals surface area contributed by atoms with Gasteiger partial charge in [0, 0.05) is 44.7 Å². The number of rotatable bonds is 3. The van der Waals surface area contributed by atoms with E-state index < -0.39 is 0 Å². The van der Waals surface area contributed by atoms with Crippen LogP contribution in [-0.2, 0) is 11.3 Å². The van der Waals surface area contributed by atoms with Crippen molar-refractivity contribution in [2.24, 2.45) is 0 Å². The summed E-state index contributed by atoms with van der Waals surface area (Å²) in [5.41, 5.74) is 3.23. The molecule has 2 bridgehead atoms. The number of hydrogen-bond donors (Lipinski definition) is 0. The van der Waals surface area contributed by atoms with Crippen LogP contribution in [-0.4, -0.2) is 66.2 Å². The first-order chi connectivity index (χ1) is 15.7. The van der Waals surface area contributed by atoms with Crippen molar-refractivity contribution in [2.75, 3.05) is 33.4 Å². The lowest BCUT2D eigenvalue weighted by Crippen LogP contribution is -2.51. The lowest BCUT2D eigenvalue weighted by Gasteiger charge is -2.41. The molecule has 1 aromatic carbocycles. The van der Waals surface area contributed by atoms with Gasteiger partial charge in [-0.05, 0) is 74.5 Å². The monoisotopic (exact) mass is 437 g/mol. The van der Waals surface area contributed by atoms with Crippen LogP contribution in [0.2, 0.25) is 0 Å². The summed E-state index contributed by atoms with van der Waals surface area (Å²) in [7, 11) is 1.78. The zero-order chi connectivity index (χ0) is 22.3. The Bertz CT molecular complexity index is 903. The number of ether oxygens (including phenoxy) is 2. The van der Waals surface area contributed by atoms with Crippen molar-refractivity contribution in [3.05, 3.63) is 59.4 Å². The first-order valence-electron chi connectivity index (χ1n) is 11.8. The molecule has 0 unspecified atom stereocenters. The number of piperidine rings is 1. The highest BCUT2D eigenvalue weighted by Crippen LogP contribution is 2.27. The van der Waals surface area contributed by atoms with Gasteiger partial charge >= 0.3 is 0 Å². The second-order valence-electron chi connectivity index (χ2n) is 8.93. The Labute approximate surface area is 191 Å². The highest BCUT2D eigenvalue weighted by atomic mass is 16.5. The Kier molecular flexibility index (Phi) is 7.76. The number of pyridine rings is 1. The molecule has 3 heterocycles. The number of aryl methyl sites for hydroxylation is 1. The summed E-state index contributed by atoms with van der Waals surface area (Å²) in [5.74, 6) is 0.846. The summed E-state index contributed by atoms with van der Waals surface area (Å²) >= 11 is 0. The maximum absolute atomic E-state index is 13.4. The third-order valence-corrected chi connectivity index (χ3v) is 6.79. The molecule has 0 spiro atoms. The van der Waals surface area contributed by atoms with Gasteiger partial charge in [-0.3, -0.25) is 14.7 Å². The van der Waals surface area contributed by atoms with Crippen molar-refractivity contribution in [3.8, 4) is 5.75 Å². The fraction of sp³-hybridized carbons (Fsp3) is 0.538. The van der Waals surface area contributed by atoms with Crippen LogP contribution in [0.3, 0.4) is 0 Å². The fourth-order valence-electron chi connectivity index (χ4n) is 4.95. The molecule has 0 saturated carbocycles. The van der Waals surface area contributed by atoms with Crippen molar-refractivity contribution < 1.29 is 14.3 Å². The Morgan fingerprint density at radius 2 is 2.03 bits per heavy atom. The lowest BCUT2D eigenvalue weighted by molar-refractivity contribution is -0.0156. The molecule has 6 heteroatoms. The van der Waals surface area contributed by atoms with E-state index >= 15 is 0 Å². The van der Waals surface area contributed by atoms with Crippen molar-refractivity contribution in [1.82, 2.24) is 14.8 Å². The minimum absolute atomic E-state index is 0.0917. The van der Waals surface area contributed by atoms with E-state index in [2.05, 4.69) is 22.9 Å². The van der Waals surface area contributed by atoms with Gasteiger partial charge in [0.2, 0.25) is 0 Å². The van der Waals surface area contributed by atoms with E-state index in [0.29, 0.717) is 12.2 Å². The van der Waals surface area contributed by atoms with Gasteiger partial charge in [0.25, 0.3) is 5.91 Å². The van der Waals surface area contributed by atoms with Gasteiger partial charge in [0.05, 0.1) is 12.1 Å². The molecule has 4 rings (SSSR count). The molecule has 2 atom stereocenters. The molecular formula is C26H35N3O3. The number of aromatic nitrogens is 1. The predicted molar refractivity (Wildman–Crippen MR) is 125 cm³/mol. The van der Waals surface area contributed by atoms with E-state index in [-0.39, 0.29) is 18.1 Å². The van der Waals surface area contributed by atoms with Crippen molar-refractivity contribution in [3.63, 3.8) is 0 Å². The average molecular weight is 438 g/mol. The van der Waals surface area contributed by atoms with Crippen LogP contribution in [0.15, 0.2) is 42.7 Å². The van der Waals surface area contributed by atoms with Gasteiger partial charge in [-0.15, -0.1) is 0 Å². The summed E-state index contributed by atoms with van der Waals surface area (Å²) < 4.78 is 11.9. The number of methoxy groups -OCH3 is 1. The topological polar surface area (TPSA) is 54.9 Å². The molecule has 1 aromatic heterocycles. The number of hydrogen-bond acceptors (Lipinski definition) is 5. The van der Waals surface area contributed by atoms with Crippen molar-refractivity contribution in [2.45, 2.75) is 57.7 Å². The van der Waals surface area contributed by atoms with Gasteiger partial charge in [-0.2, -0.15) is 0 Å². The number of carbonyl (C=O) groups excluding carboxylic acids is 1. The number of benzene rings is 1. The third-order valence-electron chi connectivity index (χ3n) is 6.79. The van der Waals surface area contributed by atoms with E-state index in [1.165, 1.54) is 11.1 Å². The van der Waals surface area contributed by atoms with Gasteiger partial charge < -0.3 is 14.4 Å². The summed E-state index contributed by atoms with van der Waals surface area (Å²) in [5, 5.41) is 0. The zero-order valence-electron chi connectivity index (χ0n) is 19.3. The van der Waals surface area contributed by atoms with E-state index in [0.717, 1.165) is 64.0 Å². The van der Waals surface area contributed by atoms with Gasteiger partial charge in [-0.25, -0.2) is 0 Å². The molecule has 2 aliphatic rings. The maximum atomic E-state index is 13.4. The second kappa shape index (κ2) is 10.9. The Balaban J connectivity index is 1.54. The SMILES string of the molecule is CO[C@@H]1CCCN2C(=O)c3cccc(c3)OCCN(Cc3ccncc3C)CCCC[C@H]12. The van der Waals surface area contributed by atoms with E-state index in [1.54, 1.807) is 7.11 Å². The van der Waals surface area contributed by atoms with Crippen molar-refractivity contribution >= 4 is 5.91 Å². The molecule has 2 aliphatic heterocycles. The normalized spacial score (nSPS) is 23.2. The molecule has 0 radical (unpaired) electrons. The lowest BCUT2D eigenvalue weighted by atomic mass is 9.93. The third kappa shape index (κ3) is 5.48. The number of amides is 1. The Morgan fingerprint density at radius 3 is 2.88 bits per heavy atom. The van der Waals surface area contributed by atoms with E-state index in [1.807, 2.05) is 41.6 Å². The van der Waals surface area contributed by atoms with Crippen molar-refractivity contribution in [1.29, 1.82) is 0 Å². The molecule has 0 aliphatic carbocycles. The van der Waals surface area contributed by atoms with Gasteiger partial charge in [0.1, 0.15) is 12.4 Å². The van der Waals surface area contributed by atoms with E-state index in [4.69, 9.17) is 9.47 Å². The smallest absolute Gasteiger partial charge is 0.254 e. The number of carbonyl (C=O) groups is 1. The minimum Gasteiger partial charge on any atom is -0.492 e. The van der Waals surface area contributed by atoms with Crippen LogP contribution in [0.25, 0.3) is 0 Å². The quantitative estimate of drug-likeness (QED) is 0.724. The largest absolute Gasteiger partial charge is 0.492 e. The molecule has 172 valence electrons. The molecular weight excluding hydrogens is 402 g/mol. The Hall–Kier alpha value is -2.44. The molecule has 6 nitrogen and oxygen atoms in total. The van der Waals surface area contributed by atoms with Gasteiger partial charge in [-0.1, -0.05) is 12.5 Å². The summed E-state index contributed by atoms with van der Waals surface area (Å²) in [6.07, 6.45) is 9.04. The molecule has 0 N–H and O–H groups in total. The van der Waals surface area contributed by atoms with Gasteiger partial charge in [0.15, 0.2) is 0 Å². The van der Waals surface area contributed by atoms with E-state index in [9.17, 15) is 4.79 Å².